The van der Waals surface area contributed by atoms with Crippen molar-refractivity contribution in [3.8, 4) is 0 Å². The summed E-state index contributed by atoms with van der Waals surface area (Å²) in [4.78, 5) is 48.6. The van der Waals surface area contributed by atoms with Crippen LogP contribution in [0.15, 0.2) is 24.3 Å². The first-order chi connectivity index (χ1) is 13.5. The largest absolute Gasteiger partial charge is 0.345 e. The van der Waals surface area contributed by atoms with Crippen molar-refractivity contribution < 1.29 is 19.2 Å². The molecule has 1 aromatic rings. The average Bonchev–Trinajstić information content (AvgIpc) is 2.61. The van der Waals surface area contributed by atoms with Crippen LogP contribution in [0.4, 0.5) is 5.69 Å². The predicted octanol–water partition coefficient (Wildman–Crippen LogP) is 1.49. The van der Waals surface area contributed by atoms with E-state index < -0.39 is 29.9 Å². The molecular weight excluding hydrogens is 372 g/mol. The van der Waals surface area contributed by atoms with E-state index in [-0.39, 0.29) is 17.7 Å². The second-order valence-corrected chi connectivity index (χ2v) is 7.65. The summed E-state index contributed by atoms with van der Waals surface area (Å²) in [5.74, 6) is -1.46. The van der Waals surface area contributed by atoms with Gasteiger partial charge in [0.25, 0.3) is 0 Å². The van der Waals surface area contributed by atoms with Crippen LogP contribution >= 0.6 is 0 Å². The first-order valence-electron chi connectivity index (χ1n) is 9.75. The lowest BCUT2D eigenvalue weighted by atomic mass is 10.0. The smallest absolute Gasteiger partial charge is 0.246 e. The minimum Gasteiger partial charge on any atom is -0.345 e. The van der Waals surface area contributed by atoms with Crippen molar-refractivity contribution in [3.05, 3.63) is 29.8 Å². The van der Waals surface area contributed by atoms with Gasteiger partial charge in [0.1, 0.15) is 18.1 Å². The molecule has 0 aliphatic carbocycles. The second kappa shape index (κ2) is 11.2. The van der Waals surface area contributed by atoms with Crippen molar-refractivity contribution in [2.24, 2.45) is 5.92 Å². The molecule has 1 aromatic carbocycles. The van der Waals surface area contributed by atoms with Crippen LogP contribution in [0.1, 0.15) is 46.6 Å². The zero-order chi connectivity index (χ0) is 22.1. The Balaban J connectivity index is 2.75. The molecule has 8 heteroatoms. The van der Waals surface area contributed by atoms with Gasteiger partial charge in [0.15, 0.2) is 0 Å². The molecule has 0 saturated heterocycles. The van der Waals surface area contributed by atoms with Gasteiger partial charge in [-0.1, -0.05) is 32.0 Å². The zero-order valence-electron chi connectivity index (χ0n) is 18.0. The van der Waals surface area contributed by atoms with E-state index in [1.54, 1.807) is 19.9 Å². The van der Waals surface area contributed by atoms with Gasteiger partial charge in [0, 0.05) is 12.6 Å². The summed E-state index contributed by atoms with van der Waals surface area (Å²) in [6.45, 7) is 10.2. The van der Waals surface area contributed by atoms with E-state index >= 15 is 0 Å². The summed E-state index contributed by atoms with van der Waals surface area (Å²) in [5, 5.41) is 10.6. The van der Waals surface area contributed by atoms with E-state index in [4.69, 9.17) is 0 Å². The normalized spacial score (nSPS) is 13.8. The van der Waals surface area contributed by atoms with Gasteiger partial charge in [-0.2, -0.15) is 0 Å². The van der Waals surface area contributed by atoms with E-state index in [9.17, 15) is 19.2 Å². The maximum Gasteiger partial charge on any atom is 0.246 e. The maximum absolute atomic E-state index is 12.7. The number of benzene rings is 1. The summed E-state index contributed by atoms with van der Waals surface area (Å²) in [5.41, 5.74) is 1.59. The van der Waals surface area contributed by atoms with Gasteiger partial charge in [0.05, 0.1) is 0 Å². The SMILES string of the molecule is CC(=O)NC(C)C(=O)NC(CC(C)C)C(=O)NC(C)C(=O)Nc1ccccc1C. The molecular formula is C21H32N4O4. The van der Waals surface area contributed by atoms with Crippen molar-refractivity contribution in [2.75, 3.05) is 5.32 Å². The fourth-order valence-electron chi connectivity index (χ4n) is 2.70. The van der Waals surface area contributed by atoms with Crippen molar-refractivity contribution in [2.45, 2.75) is 66.1 Å². The van der Waals surface area contributed by atoms with Crippen molar-refractivity contribution in [1.29, 1.82) is 0 Å². The number of aryl methyl sites for hydroxylation is 1. The fraction of sp³-hybridized carbons (Fsp3) is 0.524. The highest BCUT2D eigenvalue weighted by Crippen LogP contribution is 2.13. The maximum atomic E-state index is 12.7. The lowest BCUT2D eigenvalue weighted by Crippen LogP contribution is -2.55. The van der Waals surface area contributed by atoms with Gasteiger partial charge in [-0.3, -0.25) is 19.2 Å². The highest BCUT2D eigenvalue weighted by molar-refractivity contribution is 5.98. The number of carbonyl (C=O) groups is 4. The van der Waals surface area contributed by atoms with Crippen molar-refractivity contribution in [3.63, 3.8) is 0 Å². The Bertz CT molecular complexity index is 748. The van der Waals surface area contributed by atoms with E-state index in [0.29, 0.717) is 12.1 Å². The van der Waals surface area contributed by atoms with E-state index in [2.05, 4.69) is 21.3 Å². The lowest BCUT2D eigenvalue weighted by Gasteiger charge is -2.24. The molecule has 0 fully saturated rings. The van der Waals surface area contributed by atoms with Gasteiger partial charge < -0.3 is 21.3 Å². The van der Waals surface area contributed by atoms with E-state index in [1.807, 2.05) is 39.0 Å². The average molecular weight is 405 g/mol. The Morgan fingerprint density at radius 3 is 1.97 bits per heavy atom. The first kappa shape index (κ1) is 24.1. The van der Waals surface area contributed by atoms with Gasteiger partial charge in [-0.05, 0) is 44.7 Å². The van der Waals surface area contributed by atoms with E-state index in [0.717, 1.165) is 5.56 Å². The Morgan fingerprint density at radius 2 is 1.41 bits per heavy atom. The number of amides is 4. The van der Waals surface area contributed by atoms with E-state index in [1.165, 1.54) is 6.92 Å². The predicted molar refractivity (Wildman–Crippen MR) is 112 cm³/mol. The standard InChI is InChI=1S/C21H32N4O4/c1-12(2)11-18(25-19(27)14(4)22-16(6)26)21(29)23-15(5)20(28)24-17-10-8-7-9-13(17)3/h7-10,12,14-15,18H,11H2,1-6H3,(H,22,26)(H,23,29)(H,24,28)(H,25,27). The third-order valence-corrected chi connectivity index (χ3v) is 4.31. The quantitative estimate of drug-likeness (QED) is 0.499. The second-order valence-electron chi connectivity index (χ2n) is 7.65. The minimum absolute atomic E-state index is 0.137. The molecule has 0 radical (unpaired) electrons. The van der Waals surface area contributed by atoms with Crippen LogP contribution in [-0.4, -0.2) is 41.8 Å². The molecule has 1 rings (SSSR count). The molecule has 0 aliphatic rings. The van der Waals surface area contributed by atoms with Crippen LogP contribution in [0.25, 0.3) is 0 Å². The Hall–Kier alpha value is -2.90. The van der Waals surface area contributed by atoms with Gasteiger partial charge in [-0.15, -0.1) is 0 Å². The summed E-state index contributed by atoms with van der Waals surface area (Å²) < 4.78 is 0. The first-order valence-corrected chi connectivity index (χ1v) is 9.75. The molecule has 0 aromatic heterocycles. The molecule has 3 unspecified atom stereocenters. The number of para-hydroxylation sites is 1. The molecule has 160 valence electrons. The van der Waals surface area contributed by atoms with Crippen LogP contribution in [-0.2, 0) is 19.2 Å². The fourth-order valence-corrected chi connectivity index (χ4v) is 2.70. The molecule has 8 nitrogen and oxygen atoms in total. The Labute approximate surface area is 172 Å². The van der Waals surface area contributed by atoms with Gasteiger partial charge in [-0.25, -0.2) is 0 Å². The third kappa shape index (κ3) is 8.33. The monoisotopic (exact) mass is 404 g/mol. The summed E-state index contributed by atoms with van der Waals surface area (Å²) in [6, 6.07) is 4.98. The molecule has 4 amide bonds. The summed E-state index contributed by atoms with van der Waals surface area (Å²) in [7, 11) is 0. The van der Waals surface area contributed by atoms with Crippen LogP contribution in [0.5, 0.6) is 0 Å². The lowest BCUT2D eigenvalue weighted by molar-refractivity contribution is -0.132. The summed E-state index contributed by atoms with van der Waals surface area (Å²) in [6.07, 6.45) is 0.399. The number of anilines is 1. The molecule has 3 atom stereocenters. The molecule has 0 aliphatic heterocycles. The van der Waals surface area contributed by atoms with Crippen molar-refractivity contribution >= 4 is 29.3 Å². The Morgan fingerprint density at radius 1 is 0.828 bits per heavy atom. The number of rotatable bonds is 9. The number of nitrogens with one attached hydrogen (secondary N) is 4. The van der Waals surface area contributed by atoms with Crippen molar-refractivity contribution in [1.82, 2.24) is 16.0 Å². The minimum atomic E-state index is -0.813. The molecule has 0 bridgehead atoms. The number of hydrogen-bond donors (Lipinski definition) is 4. The molecule has 0 heterocycles. The Kier molecular flexibility index (Phi) is 9.31. The van der Waals surface area contributed by atoms with Crippen LogP contribution < -0.4 is 21.3 Å². The zero-order valence-corrected chi connectivity index (χ0v) is 18.0. The highest BCUT2D eigenvalue weighted by atomic mass is 16.2. The van der Waals surface area contributed by atoms with Gasteiger partial charge in [0.2, 0.25) is 23.6 Å². The molecule has 0 spiro atoms. The number of hydrogen-bond acceptors (Lipinski definition) is 4. The highest BCUT2D eigenvalue weighted by Gasteiger charge is 2.27. The molecule has 0 saturated carbocycles. The van der Waals surface area contributed by atoms with Crippen LogP contribution in [0.2, 0.25) is 0 Å². The van der Waals surface area contributed by atoms with Crippen LogP contribution in [0, 0.1) is 12.8 Å². The third-order valence-electron chi connectivity index (χ3n) is 4.31. The number of carbonyl (C=O) groups excluding carboxylic acids is 4. The van der Waals surface area contributed by atoms with Crippen LogP contribution in [0.3, 0.4) is 0 Å². The molecule has 29 heavy (non-hydrogen) atoms. The molecule has 4 N–H and O–H groups in total. The van der Waals surface area contributed by atoms with Gasteiger partial charge >= 0.3 is 0 Å². The summed E-state index contributed by atoms with van der Waals surface area (Å²) >= 11 is 0. The topological polar surface area (TPSA) is 116 Å².